The molecule has 0 spiro atoms. The summed E-state index contributed by atoms with van der Waals surface area (Å²) < 4.78 is 13.8. The van der Waals surface area contributed by atoms with Crippen molar-refractivity contribution >= 4 is 17.2 Å². The molecule has 0 aliphatic heterocycles. The molecule has 0 fully saturated rings. The molecule has 17 heavy (non-hydrogen) atoms. The Labute approximate surface area is 104 Å². The Balaban J connectivity index is 2.12. The van der Waals surface area contributed by atoms with E-state index in [4.69, 9.17) is 0 Å². The highest BCUT2D eigenvalue weighted by Crippen LogP contribution is 2.17. The van der Waals surface area contributed by atoms with Crippen LogP contribution in [-0.2, 0) is 13.0 Å². The third-order valence-electron chi connectivity index (χ3n) is 2.60. The van der Waals surface area contributed by atoms with Gasteiger partial charge in [0.15, 0.2) is 11.6 Å². The first-order valence-corrected chi connectivity index (χ1v) is 6.41. The number of aryl methyl sites for hydroxylation is 2. The minimum absolute atomic E-state index is 0.280. The van der Waals surface area contributed by atoms with Gasteiger partial charge in [-0.05, 0) is 35.2 Å². The maximum absolute atomic E-state index is 13.8. The molecule has 2 aromatic rings. The molecule has 0 saturated carbocycles. The molecule has 0 bridgehead atoms. The van der Waals surface area contributed by atoms with E-state index in [1.165, 1.54) is 17.5 Å². The van der Waals surface area contributed by atoms with E-state index < -0.39 is 0 Å². The van der Waals surface area contributed by atoms with Crippen LogP contribution < -0.4 is 5.32 Å². The summed E-state index contributed by atoms with van der Waals surface area (Å²) in [6.45, 7) is 4.51. The summed E-state index contributed by atoms with van der Waals surface area (Å²) in [6, 6.07) is 0. The van der Waals surface area contributed by atoms with E-state index in [1.54, 1.807) is 11.3 Å². The Morgan fingerprint density at radius 2 is 2.18 bits per heavy atom. The summed E-state index contributed by atoms with van der Waals surface area (Å²) in [5, 5.41) is 7.14. The number of rotatable bonds is 4. The van der Waals surface area contributed by atoms with E-state index in [2.05, 4.69) is 26.0 Å². The number of nitrogens with zero attached hydrogens (tertiary/aromatic N) is 2. The smallest absolute Gasteiger partial charge is 0.186 e. The van der Waals surface area contributed by atoms with Crippen LogP contribution in [0.1, 0.15) is 23.7 Å². The van der Waals surface area contributed by atoms with E-state index in [1.807, 2.05) is 13.8 Å². The summed E-state index contributed by atoms with van der Waals surface area (Å²) in [5.74, 6) is -0.0645. The Hall–Kier alpha value is -1.49. The molecule has 3 nitrogen and oxygen atoms in total. The molecule has 0 radical (unpaired) electrons. The van der Waals surface area contributed by atoms with Gasteiger partial charge in [0.25, 0.3) is 0 Å². The van der Waals surface area contributed by atoms with Gasteiger partial charge in [-0.25, -0.2) is 14.4 Å². The van der Waals surface area contributed by atoms with Gasteiger partial charge in [0.1, 0.15) is 6.33 Å². The van der Waals surface area contributed by atoms with E-state index in [9.17, 15) is 4.39 Å². The number of nitrogens with one attached hydrogen (secondary N) is 1. The highest BCUT2D eigenvalue weighted by Gasteiger charge is 2.09. The van der Waals surface area contributed by atoms with Crippen molar-refractivity contribution in [2.45, 2.75) is 26.8 Å². The Bertz CT molecular complexity index is 510. The second-order valence-electron chi connectivity index (χ2n) is 3.77. The van der Waals surface area contributed by atoms with Crippen LogP contribution in [-0.4, -0.2) is 9.97 Å². The normalized spacial score (nSPS) is 10.5. The van der Waals surface area contributed by atoms with Crippen LogP contribution >= 0.6 is 11.3 Å². The Morgan fingerprint density at radius 1 is 1.35 bits per heavy atom. The van der Waals surface area contributed by atoms with Crippen LogP contribution in [0.4, 0.5) is 10.2 Å². The first-order chi connectivity index (χ1) is 8.22. The Kier molecular flexibility index (Phi) is 3.68. The molecular weight excluding hydrogens is 237 g/mol. The fourth-order valence-corrected chi connectivity index (χ4v) is 2.38. The second-order valence-corrected chi connectivity index (χ2v) is 4.51. The number of aromatic nitrogens is 2. The van der Waals surface area contributed by atoms with Gasteiger partial charge in [0.2, 0.25) is 0 Å². The molecule has 2 aromatic heterocycles. The standard InChI is InChI=1S/C12H14FN3S/c1-3-10-11(13)12(16-7-15-10)14-4-9-6-17-5-8(9)2/h5-7H,3-4H2,1-2H3,(H,14,15,16). The molecule has 2 heterocycles. The highest BCUT2D eigenvalue weighted by molar-refractivity contribution is 7.08. The SMILES string of the molecule is CCc1ncnc(NCc2cscc2C)c1F. The van der Waals surface area contributed by atoms with Gasteiger partial charge < -0.3 is 5.32 Å². The van der Waals surface area contributed by atoms with Crippen molar-refractivity contribution in [3.05, 3.63) is 39.7 Å². The second kappa shape index (κ2) is 5.23. The molecular formula is C12H14FN3S. The van der Waals surface area contributed by atoms with Crippen LogP contribution in [0, 0.1) is 12.7 Å². The minimum Gasteiger partial charge on any atom is -0.363 e. The third kappa shape index (κ3) is 2.61. The van der Waals surface area contributed by atoms with Crippen LogP contribution in [0.5, 0.6) is 0 Å². The lowest BCUT2D eigenvalue weighted by Gasteiger charge is -2.07. The van der Waals surface area contributed by atoms with Gasteiger partial charge >= 0.3 is 0 Å². The van der Waals surface area contributed by atoms with E-state index in [0.717, 1.165) is 0 Å². The number of thiophene rings is 1. The fraction of sp³-hybridized carbons (Fsp3) is 0.333. The predicted octanol–water partition coefficient (Wildman–Crippen LogP) is 3.16. The maximum Gasteiger partial charge on any atom is 0.186 e. The van der Waals surface area contributed by atoms with Crippen LogP contribution in [0.15, 0.2) is 17.1 Å². The molecule has 0 aromatic carbocycles. The third-order valence-corrected chi connectivity index (χ3v) is 3.51. The van der Waals surface area contributed by atoms with Gasteiger partial charge in [-0.15, -0.1) is 0 Å². The largest absolute Gasteiger partial charge is 0.363 e. The van der Waals surface area contributed by atoms with Crippen molar-refractivity contribution in [3.8, 4) is 0 Å². The van der Waals surface area contributed by atoms with Crippen molar-refractivity contribution in [3.63, 3.8) is 0 Å². The quantitative estimate of drug-likeness (QED) is 0.907. The average Bonchev–Trinajstić information content (AvgIpc) is 2.74. The monoisotopic (exact) mass is 251 g/mol. The number of hydrogen-bond donors (Lipinski definition) is 1. The lowest BCUT2D eigenvalue weighted by molar-refractivity contribution is 0.596. The predicted molar refractivity (Wildman–Crippen MR) is 67.8 cm³/mol. The van der Waals surface area contributed by atoms with E-state index in [-0.39, 0.29) is 11.6 Å². The molecule has 90 valence electrons. The zero-order valence-electron chi connectivity index (χ0n) is 9.83. The first kappa shape index (κ1) is 12.0. The zero-order chi connectivity index (χ0) is 12.3. The fourth-order valence-electron chi connectivity index (χ4n) is 1.52. The van der Waals surface area contributed by atoms with Crippen molar-refractivity contribution in [1.29, 1.82) is 0 Å². The topological polar surface area (TPSA) is 37.8 Å². The van der Waals surface area contributed by atoms with Gasteiger partial charge in [-0.2, -0.15) is 11.3 Å². The lowest BCUT2D eigenvalue weighted by Crippen LogP contribution is -2.06. The van der Waals surface area contributed by atoms with Gasteiger partial charge in [0.05, 0.1) is 5.69 Å². The summed E-state index contributed by atoms with van der Waals surface area (Å²) in [5.41, 5.74) is 2.84. The molecule has 1 N–H and O–H groups in total. The Morgan fingerprint density at radius 3 is 2.82 bits per heavy atom. The van der Waals surface area contributed by atoms with Crippen molar-refractivity contribution in [1.82, 2.24) is 9.97 Å². The van der Waals surface area contributed by atoms with Gasteiger partial charge in [0, 0.05) is 6.54 Å². The zero-order valence-corrected chi connectivity index (χ0v) is 10.6. The number of anilines is 1. The molecule has 0 amide bonds. The molecule has 0 aliphatic rings. The molecule has 5 heteroatoms. The molecule has 2 rings (SSSR count). The van der Waals surface area contributed by atoms with E-state index in [0.29, 0.717) is 18.7 Å². The molecule has 0 aliphatic carbocycles. The molecule has 0 saturated heterocycles. The molecule has 0 atom stereocenters. The van der Waals surface area contributed by atoms with E-state index >= 15 is 0 Å². The van der Waals surface area contributed by atoms with Crippen molar-refractivity contribution in [2.24, 2.45) is 0 Å². The van der Waals surface area contributed by atoms with Crippen LogP contribution in [0.25, 0.3) is 0 Å². The van der Waals surface area contributed by atoms with Crippen LogP contribution in [0.2, 0.25) is 0 Å². The van der Waals surface area contributed by atoms with Gasteiger partial charge in [-0.3, -0.25) is 0 Å². The van der Waals surface area contributed by atoms with Gasteiger partial charge in [-0.1, -0.05) is 6.92 Å². The number of hydrogen-bond acceptors (Lipinski definition) is 4. The summed E-state index contributed by atoms with van der Waals surface area (Å²) in [7, 11) is 0. The molecule has 0 unspecified atom stereocenters. The van der Waals surface area contributed by atoms with Crippen molar-refractivity contribution < 1.29 is 4.39 Å². The lowest BCUT2D eigenvalue weighted by atomic mass is 10.2. The number of halogens is 1. The average molecular weight is 251 g/mol. The summed E-state index contributed by atoms with van der Waals surface area (Å²) >= 11 is 1.65. The maximum atomic E-state index is 13.8. The van der Waals surface area contributed by atoms with Crippen LogP contribution in [0.3, 0.4) is 0 Å². The summed E-state index contributed by atoms with van der Waals surface area (Å²) in [6.07, 6.45) is 1.96. The minimum atomic E-state index is -0.345. The highest BCUT2D eigenvalue weighted by atomic mass is 32.1. The first-order valence-electron chi connectivity index (χ1n) is 5.47. The van der Waals surface area contributed by atoms with Crippen molar-refractivity contribution in [2.75, 3.05) is 5.32 Å². The summed E-state index contributed by atoms with van der Waals surface area (Å²) in [4.78, 5) is 7.82.